The Morgan fingerprint density at radius 2 is 1.67 bits per heavy atom. The van der Waals surface area contributed by atoms with E-state index in [1.165, 1.54) is 0 Å². The van der Waals surface area contributed by atoms with Crippen molar-refractivity contribution in [2.45, 2.75) is 18.9 Å². The number of hydrogen-bond donors (Lipinski definition) is 2. The van der Waals surface area contributed by atoms with Gasteiger partial charge in [0.1, 0.15) is 6.04 Å². The van der Waals surface area contributed by atoms with Gasteiger partial charge in [0.25, 0.3) is 0 Å². The van der Waals surface area contributed by atoms with Crippen LogP contribution in [0.5, 0.6) is 0 Å². The van der Waals surface area contributed by atoms with Crippen LogP contribution >= 0.6 is 0 Å². The predicted octanol–water partition coefficient (Wildman–Crippen LogP) is 1.11. The summed E-state index contributed by atoms with van der Waals surface area (Å²) in [5.74, 6) is -2.57. The predicted molar refractivity (Wildman–Crippen MR) is 95.2 cm³/mol. The van der Waals surface area contributed by atoms with E-state index >= 15 is 0 Å². The maximum atomic E-state index is 13.1. The molecule has 2 atom stereocenters. The van der Waals surface area contributed by atoms with E-state index in [9.17, 15) is 19.5 Å². The zero-order valence-electron chi connectivity index (χ0n) is 14.9. The van der Waals surface area contributed by atoms with Crippen LogP contribution in [0.15, 0.2) is 30.3 Å². The summed E-state index contributed by atoms with van der Waals surface area (Å²) in [6.07, 6.45) is -0.370. The molecule has 27 heavy (non-hydrogen) atoms. The van der Waals surface area contributed by atoms with Crippen molar-refractivity contribution in [2.75, 3.05) is 37.6 Å². The highest BCUT2D eigenvalue weighted by atomic mass is 17.1. The third-order valence-electron chi connectivity index (χ3n) is 5.23. The van der Waals surface area contributed by atoms with E-state index in [1.54, 1.807) is 4.90 Å². The van der Waals surface area contributed by atoms with E-state index < -0.39 is 29.9 Å². The summed E-state index contributed by atoms with van der Waals surface area (Å²) in [7, 11) is 0. The average Bonchev–Trinajstić information content (AvgIpc) is 2.72. The van der Waals surface area contributed by atoms with Crippen molar-refractivity contribution >= 4 is 23.7 Å². The molecule has 0 saturated carbocycles. The largest absolute Gasteiger partial charge is 0.481 e. The van der Waals surface area contributed by atoms with Crippen LogP contribution in [-0.2, 0) is 14.5 Å². The Kier molecular flexibility index (Phi) is 5.80. The van der Waals surface area contributed by atoms with E-state index in [2.05, 4.69) is 9.79 Å². The van der Waals surface area contributed by atoms with Crippen LogP contribution in [0.25, 0.3) is 0 Å². The van der Waals surface area contributed by atoms with E-state index in [-0.39, 0.29) is 6.54 Å². The molecule has 3 rings (SSSR count). The number of para-hydroxylation sites is 1. The molecule has 146 valence electrons. The lowest BCUT2D eigenvalue weighted by Gasteiger charge is -2.42. The number of nitrogens with zero attached hydrogens (tertiary/aromatic N) is 3. The van der Waals surface area contributed by atoms with Crippen LogP contribution < -0.4 is 4.90 Å². The van der Waals surface area contributed by atoms with Crippen LogP contribution in [0.3, 0.4) is 0 Å². The lowest BCUT2D eigenvalue weighted by atomic mass is 9.88. The van der Waals surface area contributed by atoms with Crippen molar-refractivity contribution in [3.63, 3.8) is 0 Å². The molecule has 2 aliphatic heterocycles. The van der Waals surface area contributed by atoms with Crippen molar-refractivity contribution in [2.24, 2.45) is 5.92 Å². The minimum Gasteiger partial charge on any atom is -0.481 e. The third-order valence-corrected chi connectivity index (χ3v) is 5.23. The molecule has 1 aromatic rings. The quantitative estimate of drug-likeness (QED) is 0.600. The van der Waals surface area contributed by atoms with Gasteiger partial charge in [-0.25, -0.2) is 4.79 Å². The normalized spacial score (nSPS) is 23.1. The molecule has 0 spiro atoms. The van der Waals surface area contributed by atoms with Gasteiger partial charge in [-0.05, 0) is 25.0 Å². The molecule has 9 heteroatoms. The first-order valence-corrected chi connectivity index (χ1v) is 8.96. The number of benzene rings is 1. The molecule has 2 saturated heterocycles. The molecule has 0 aliphatic carbocycles. The Morgan fingerprint density at radius 1 is 1.00 bits per heavy atom. The number of anilines is 1. The molecule has 9 nitrogen and oxygen atoms in total. The molecular weight excluding hydrogens is 354 g/mol. The first-order valence-electron chi connectivity index (χ1n) is 8.96. The van der Waals surface area contributed by atoms with Crippen LogP contribution in [0, 0.1) is 5.92 Å². The van der Waals surface area contributed by atoms with Gasteiger partial charge in [0.15, 0.2) is 0 Å². The molecule has 0 radical (unpaired) electrons. The summed E-state index contributed by atoms with van der Waals surface area (Å²) in [5, 5.41) is 18.2. The molecule has 0 bridgehead atoms. The van der Waals surface area contributed by atoms with Gasteiger partial charge in [0, 0.05) is 38.4 Å². The number of hydrogen-bond acceptors (Lipinski definition) is 6. The number of rotatable bonds is 3. The molecule has 2 aliphatic rings. The van der Waals surface area contributed by atoms with Crippen molar-refractivity contribution < 1.29 is 29.6 Å². The van der Waals surface area contributed by atoms with Crippen molar-refractivity contribution in [1.82, 2.24) is 9.80 Å². The summed E-state index contributed by atoms with van der Waals surface area (Å²) in [4.78, 5) is 45.1. The van der Waals surface area contributed by atoms with Crippen LogP contribution in [0.4, 0.5) is 10.5 Å². The standard InChI is InChI=1S/C18H23N3O6/c22-16(15-14(17(23)24)7-4-8-21(15)18(25)27-26)20-11-9-19(10-12-20)13-5-2-1-3-6-13/h1-3,5-6,14-15,26H,4,7-12H2,(H,23,24). The number of likely N-dealkylation sites (tertiary alicyclic amines) is 1. The second-order valence-electron chi connectivity index (χ2n) is 6.73. The number of piperazine rings is 1. The Morgan fingerprint density at radius 3 is 2.26 bits per heavy atom. The Hall–Kier alpha value is -2.81. The van der Waals surface area contributed by atoms with Crippen LogP contribution in [0.2, 0.25) is 0 Å². The molecule has 2 unspecified atom stereocenters. The fourth-order valence-electron chi connectivity index (χ4n) is 3.83. The molecule has 2 fully saturated rings. The fourth-order valence-corrected chi connectivity index (χ4v) is 3.83. The lowest BCUT2D eigenvalue weighted by molar-refractivity contribution is -0.194. The highest BCUT2D eigenvalue weighted by molar-refractivity contribution is 5.91. The lowest BCUT2D eigenvalue weighted by Crippen LogP contribution is -2.61. The van der Waals surface area contributed by atoms with Crippen LogP contribution in [0.1, 0.15) is 12.8 Å². The summed E-state index contributed by atoms with van der Waals surface area (Å²) in [5.41, 5.74) is 1.07. The number of carboxylic acid groups (broad SMARTS) is 1. The molecule has 2 amide bonds. The number of amides is 2. The van der Waals surface area contributed by atoms with Gasteiger partial charge < -0.3 is 14.9 Å². The summed E-state index contributed by atoms with van der Waals surface area (Å²) in [6.45, 7) is 2.26. The number of aliphatic carboxylic acids is 1. The highest BCUT2D eigenvalue weighted by Crippen LogP contribution is 2.27. The molecule has 1 aromatic carbocycles. The zero-order chi connectivity index (χ0) is 19.4. The van der Waals surface area contributed by atoms with Crippen molar-refractivity contribution in [3.05, 3.63) is 30.3 Å². The van der Waals surface area contributed by atoms with Crippen LogP contribution in [-0.4, -0.2) is 76.9 Å². The SMILES string of the molecule is O=C(O)C1CCCN(C(=O)OO)C1C(=O)N1CCN(c2ccccc2)CC1. The van der Waals surface area contributed by atoms with Gasteiger partial charge in [-0.1, -0.05) is 18.2 Å². The van der Waals surface area contributed by atoms with Gasteiger partial charge >= 0.3 is 12.1 Å². The summed E-state index contributed by atoms with van der Waals surface area (Å²) < 4.78 is 0. The van der Waals surface area contributed by atoms with E-state index in [0.717, 1.165) is 10.6 Å². The van der Waals surface area contributed by atoms with Gasteiger partial charge in [-0.3, -0.25) is 19.4 Å². The Balaban J connectivity index is 1.72. The fraction of sp³-hybridized carbons (Fsp3) is 0.500. The van der Waals surface area contributed by atoms with Crippen molar-refractivity contribution in [3.8, 4) is 0 Å². The maximum absolute atomic E-state index is 13.1. The van der Waals surface area contributed by atoms with E-state index in [0.29, 0.717) is 39.0 Å². The smallest absolute Gasteiger partial charge is 0.441 e. The first-order chi connectivity index (χ1) is 13.0. The third kappa shape index (κ3) is 3.97. The summed E-state index contributed by atoms with van der Waals surface area (Å²) in [6, 6.07) is 8.66. The minimum absolute atomic E-state index is 0.170. The maximum Gasteiger partial charge on any atom is 0.441 e. The number of carbonyl (C=O) groups is 3. The minimum atomic E-state index is -1.17. The van der Waals surface area contributed by atoms with Gasteiger partial charge in [-0.2, -0.15) is 5.26 Å². The molecule has 0 aromatic heterocycles. The van der Waals surface area contributed by atoms with E-state index in [1.807, 2.05) is 30.3 Å². The number of carbonyl (C=O) groups excluding carboxylic acids is 2. The monoisotopic (exact) mass is 377 g/mol. The molecule has 2 heterocycles. The number of carboxylic acids is 1. The molecule has 2 N–H and O–H groups in total. The van der Waals surface area contributed by atoms with Gasteiger partial charge in [-0.15, -0.1) is 0 Å². The Bertz CT molecular complexity index is 690. The molecular formula is C18H23N3O6. The second kappa shape index (κ2) is 8.26. The first kappa shape index (κ1) is 19.0. The Labute approximate surface area is 156 Å². The number of piperidine rings is 1. The van der Waals surface area contributed by atoms with E-state index in [4.69, 9.17) is 5.26 Å². The second-order valence-corrected chi connectivity index (χ2v) is 6.73. The topological polar surface area (TPSA) is 111 Å². The highest BCUT2D eigenvalue weighted by Gasteiger charge is 2.45. The summed E-state index contributed by atoms with van der Waals surface area (Å²) >= 11 is 0. The van der Waals surface area contributed by atoms with Gasteiger partial charge in [0.05, 0.1) is 5.92 Å². The van der Waals surface area contributed by atoms with Gasteiger partial charge in [0.2, 0.25) is 5.91 Å². The zero-order valence-corrected chi connectivity index (χ0v) is 14.9. The van der Waals surface area contributed by atoms with Crippen molar-refractivity contribution in [1.29, 1.82) is 0 Å². The average molecular weight is 377 g/mol.